The van der Waals surface area contributed by atoms with Crippen LogP contribution in [-0.4, -0.2) is 52.0 Å². The van der Waals surface area contributed by atoms with E-state index in [2.05, 4.69) is 0 Å². The van der Waals surface area contributed by atoms with Gasteiger partial charge in [0, 0.05) is 11.6 Å². The van der Waals surface area contributed by atoms with E-state index >= 15 is 0 Å². The van der Waals surface area contributed by atoms with Crippen molar-refractivity contribution < 1.29 is 32.2 Å². The van der Waals surface area contributed by atoms with Gasteiger partial charge in [-0.15, -0.1) is 0 Å². The summed E-state index contributed by atoms with van der Waals surface area (Å²) in [5.41, 5.74) is 0.723. The first-order valence-corrected chi connectivity index (χ1v) is 10.1. The van der Waals surface area contributed by atoms with E-state index in [9.17, 15) is 18.0 Å². The highest BCUT2D eigenvalue weighted by atomic mass is 32.2. The van der Waals surface area contributed by atoms with Gasteiger partial charge in [-0.2, -0.15) is 0 Å². The number of sulfonamides is 1. The number of ether oxygens (including phenoxy) is 3. The van der Waals surface area contributed by atoms with Crippen molar-refractivity contribution >= 4 is 28.0 Å². The second-order valence-electron chi connectivity index (χ2n) is 5.96. The highest BCUT2D eigenvalue weighted by molar-refractivity contribution is 7.90. The molecule has 0 radical (unpaired) electrons. The molecule has 0 aliphatic carbocycles. The van der Waals surface area contributed by atoms with E-state index in [0.717, 1.165) is 0 Å². The molecule has 2 aromatic carbocycles. The second kappa shape index (κ2) is 8.36. The minimum absolute atomic E-state index is 0.0404. The summed E-state index contributed by atoms with van der Waals surface area (Å²) in [7, 11) is -0.931. The normalized spacial score (nSPS) is 14.7. The molecule has 0 aromatic heterocycles. The zero-order valence-corrected chi connectivity index (χ0v) is 16.6. The fourth-order valence-electron chi connectivity index (χ4n) is 2.93. The smallest absolute Gasteiger partial charge is 0.330 e. The molecule has 3 rings (SSSR count). The van der Waals surface area contributed by atoms with Crippen molar-refractivity contribution in [3.05, 3.63) is 59.7 Å². The largest absolute Gasteiger partial charge is 0.493 e. The Kier molecular flexibility index (Phi) is 5.88. The molecular formula is C20H19NO7S. The van der Waals surface area contributed by atoms with Crippen molar-refractivity contribution in [2.24, 2.45) is 0 Å². The highest BCUT2D eigenvalue weighted by Gasteiger charge is 2.40. The number of carbonyl (C=O) groups is 2. The summed E-state index contributed by atoms with van der Waals surface area (Å²) in [6.07, 6.45) is 2.68. The summed E-state index contributed by atoms with van der Waals surface area (Å²) >= 11 is 0. The molecule has 0 bridgehead atoms. The molecule has 0 saturated carbocycles. The Morgan fingerprint density at radius 3 is 2.52 bits per heavy atom. The summed E-state index contributed by atoms with van der Waals surface area (Å²) in [6.45, 7) is -0.532. The van der Waals surface area contributed by atoms with Crippen LogP contribution in [0.2, 0.25) is 0 Å². The van der Waals surface area contributed by atoms with Gasteiger partial charge in [-0.05, 0) is 24.3 Å². The molecule has 0 unspecified atom stereocenters. The fourth-order valence-corrected chi connectivity index (χ4v) is 4.48. The van der Waals surface area contributed by atoms with Crippen LogP contribution in [-0.2, 0) is 19.6 Å². The summed E-state index contributed by atoms with van der Waals surface area (Å²) in [4.78, 5) is 24.2. The van der Waals surface area contributed by atoms with E-state index in [-0.39, 0.29) is 23.6 Å². The molecular weight excluding hydrogens is 398 g/mol. The monoisotopic (exact) mass is 417 g/mol. The van der Waals surface area contributed by atoms with Crippen LogP contribution < -0.4 is 9.47 Å². The van der Waals surface area contributed by atoms with E-state index in [0.29, 0.717) is 21.4 Å². The first-order chi connectivity index (χ1) is 13.9. The molecule has 9 heteroatoms. The average Bonchev–Trinajstić information content (AvgIpc) is 2.92. The van der Waals surface area contributed by atoms with Crippen LogP contribution in [0.4, 0.5) is 0 Å². The lowest BCUT2D eigenvalue weighted by molar-refractivity contribution is -0.137. The summed E-state index contributed by atoms with van der Waals surface area (Å²) in [5, 5.41) is 0. The van der Waals surface area contributed by atoms with Crippen LogP contribution in [0.5, 0.6) is 11.5 Å². The SMILES string of the molecule is COc1cccc(/C=C/C(=O)OCCN2C(=O)c3ccccc3S2(=O)=O)c1OC. The number of hydrogen-bond donors (Lipinski definition) is 0. The molecule has 152 valence electrons. The number of para-hydroxylation sites is 1. The zero-order chi connectivity index (χ0) is 21.0. The molecule has 8 nitrogen and oxygen atoms in total. The molecule has 1 aliphatic rings. The van der Waals surface area contributed by atoms with Gasteiger partial charge < -0.3 is 14.2 Å². The minimum Gasteiger partial charge on any atom is -0.493 e. The van der Waals surface area contributed by atoms with Gasteiger partial charge in [0.25, 0.3) is 15.9 Å². The van der Waals surface area contributed by atoms with Crippen molar-refractivity contribution in [2.75, 3.05) is 27.4 Å². The summed E-state index contributed by atoms with van der Waals surface area (Å²) in [5.74, 6) is -0.337. The van der Waals surface area contributed by atoms with Gasteiger partial charge in [0.05, 0.1) is 26.3 Å². The lowest BCUT2D eigenvalue weighted by Gasteiger charge is -2.14. The van der Waals surface area contributed by atoms with Gasteiger partial charge in [0.1, 0.15) is 11.5 Å². The van der Waals surface area contributed by atoms with E-state index in [1.807, 2.05) is 0 Å². The van der Waals surface area contributed by atoms with Crippen molar-refractivity contribution in [1.82, 2.24) is 4.31 Å². The molecule has 0 fully saturated rings. The molecule has 2 aromatic rings. The third-order valence-corrected chi connectivity index (χ3v) is 6.12. The lowest BCUT2D eigenvalue weighted by atomic mass is 10.1. The molecule has 29 heavy (non-hydrogen) atoms. The molecule has 0 spiro atoms. The Hall–Kier alpha value is -3.33. The first-order valence-electron chi connectivity index (χ1n) is 8.62. The quantitative estimate of drug-likeness (QED) is 0.502. The molecule has 0 saturated heterocycles. The number of methoxy groups -OCH3 is 2. The second-order valence-corrected chi connectivity index (χ2v) is 7.79. The summed E-state index contributed by atoms with van der Waals surface area (Å²) in [6, 6.07) is 11.2. The van der Waals surface area contributed by atoms with Crippen molar-refractivity contribution in [3.63, 3.8) is 0 Å². The Balaban J connectivity index is 1.62. The Labute approximate surface area is 168 Å². The van der Waals surface area contributed by atoms with Crippen molar-refractivity contribution in [3.8, 4) is 11.5 Å². The Morgan fingerprint density at radius 2 is 1.83 bits per heavy atom. The van der Waals surface area contributed by atoms with Crippen LogP contribution in [0.1, 0.15) is 15.9 Å². The minimum atomic E-state index is -3.92. The third-order valence-electron chi connectivity index (χ3n) is 4.28. The maximum Gasteiger partial charge on any atom is 0.330 e. The van der Waals surface area contributed by atoms with Crippen molar-refractivity contribution in [1.29, 1.82) is 0 Å². The van der Waals surface area contributed by atoms with E-state index in [1.165, 1.54) is 38.5 Å². The molecule has 0 N–H and O–H groups in total. The molecule has 0 atom stereocenters. The van der Waals surface area contributed by atoms with Crippen LogP contribution in [0, 0.1) is 0 Å². The number of esters is 1. The zero-order valence-electron chi connectivity index (χ0n) is 15.8. The third kappa shape index (κ3) is 3.95. The van der Waals surface area contributed by atoms with Gasteiger partial charge in [-0.1, -0.05) is 24.3 Å². The maximum absolute atomic E-state index is 12.4. The van der Waals surface area contributed by atoms with Gasteiger partial charge in [0.2, 0.25) is 0 Å². The fraction of sp³-hybridized carbons (Fsp3) is 0.200. The number of carbonyl (C=O) groups excluding carboxylic acids is 2. The maximum atomic E-state index is 12.4. The standard InChI is InChI=1S/C20H19NO7S/c1-26-16-8-5-6-14(19(16)27-2)10-11-18(22)28-13-12-21-20(23)15-7-3-4-9-17(15)29(21,24)25/h3-11H,12-13H2,1-2H3/b11-10+. The van der Waals surface area contributed by atoms with E-state index in [4.69, 9.17) is 14.2 Å². The average molecular weight is 417 g/mol. The van der Waals surface area contributed by atoms with Crippen molar-refractivity contribution in [2.45, 2.75) is 4.90 Å². The number of fused-ring (bicyclic) bond motifs is 1. The van der Waals surface area contributed by atoms with Gasteiger partial charge in [-0.3, -0.25) is 4.79 Å². The molecule has 1 amide bonds. The molecule has 1 aliphatic heterocycles. The lowest BCUT2D eigenvalue weighted by Crippen LogP contribution is -2.33. The van der Waals surface area contributed by atoms with Gasteiger partial charge in [-0.25, -0.2) is 17.5 Å². The summed E-state index contributed by atoms with van der Waals surface area (Å²) < 4.78 is 41.1. The van der Waals surface area contributed by atoms with Crippen LogP contribution in [0.25, 0.3) is 6.08 Å². The van der Waals surface area contributed by atoms with Crippen LogP contribution >= 0.6 is 0 Å². The first kappa shape index (κ1) is 20.4. The van der Waals surface area contributed by atoms with Crippen LogP contribution in [0.15, 0.2) is 53.4 Å². The van der Waals surface area contributed by atoms with Crippen LogP contribution in [0.3, 0.4) is 0 Å². The number of nitrogens with zero attached hydrogens (tertiary/aromatic N) is 1. The van der Waals surface area contributed by atoms with E-state index in [1.54, 1.807) is 30.3 Å². The molecule has 1 heterocycles. The predicted octanol–water partition coefficient (Wildman–Crippen LogP) is 2.10. The highest BCUT2D eigenvalue weighted by Crippen LogP contribution is 2.31. The van der Waals surface area contributed by atoms with Gasteiger partial charge >= 0.3 is 5.97 Å². The topological polar surface area (TPSA) is 99.2 Å². The number of benzene rings is 2. The predicted molar refractivity (Wildman–Crippen MR) is 104 cm³/mol. The number of amides is 1. The number of rotatable bonds is 7. The van der Waals surface area contributed by atoms with E-state index < -0.39 is 21.9 Å². The Bertz CT molecular complexity index is 1080. The van der Waals surface area contributed by atoms with Gasteiger partial charge in [0.15, 0.2) is 11.5 Å². The Morgan fingerprint density at radius 1 is 1.07 bits per heavy atom. The number of hydrogen-bond acceptors (Lipinski definition) is 7.